The largest absolute Gasteiger partial charge is 0.508 e. The summed E-state index contributed by atoms with van der Waals surface area (Å²) >= 11 is 0. The summed E-state index contributed by atoms with van der Waals surface area (Å²) in [6, 6.07) is 14.1. The van der Waals surface area contributed by atoms with Crippen molar-refractivity contribution in [1.29, 1.82) is 0 Å². The van der Waals surface area contributed by atoms with E-state index in [0.29, 0.717) is 44.9 Å². The van der Waals surface area contributed by atoms with Gasteiger partial charge in [-0.3, -0.25) is 4.79 Å². The van der Waals surface area contributed by atoms with Gasteiger partial charge in [0.2, 0.25) is 0 Å². The van der Waals surface area contributed by atoms with E-state index in [2.05, 4.69) is 41.5 Å². The molecule has 8 N–H and O–H groups in total. The predicted molar refractivity (Wildman–Crippen MR) is 219 cm³/mol. The molecule has 0 saturated carbocycles. The topological polar surface area (TPSA) is 163 Å². The molecule has 55 heavy (non-hydrogen) atoms. The van der Waals surface area contributed by atoms with Crippen LogP contribution in [0, 0.1) is 17.8 Å². The molecular formula is C46H64N2O7. The number of allylic oxidation sites excluding steroid dienone is 2. The van der Waals surface area contributed by atoms with E-state index in [4.69, 9.17) is 0 Å². The molecule has 1 aliphatic carbocycles. The van der Waals surface area contributed by atoms with Gasteiger partial charge in [-0.2, -0.15) is 0 Å². The Balaban J connectivity index is 1.86. The van der Waals surface area contributed by atoms with E-state index in [1.165, 1.54) is 0 Å². The molecular weight excluding hydrogens is 693 g/mol. The number of nitrogens with one attached hydrogen (secondary N) is 2. The molecule has 0 spiro atoms. The van der Waals surface area contributed by atoms with E-state index in [0.717, 1.165) is 66.5 Å². The number of hydrogen-bond donors (Lipinski definition) is 8. The molecule has 0 radical (unpaired) electrons. The van der Waals surface area contributed by atoms with Crippen molar-refractivity contribution in [3.05, 3.63) is 101 Å². The Bertz CT molecular complexity index is 1640. The number of aliphatic hydroxyl groups is 4. The van der Waals surface area contributed by atoms with E-state index >= 15 is 0 Å². The maximum atomic E-state index is 12.7. The zero-order chi connectivity index (χ0) is 39.6. The van der Waals surface area contributed by atoms with Crippen LogP contribution >= 0.6 is 0 Å². The number of hydrogen-bond acceptors (Lipinski definition) is 8. The second-order valence-electron chi connectivity index (χ2n) is 15.4. The summed E-state index contributed by atoms with van der Waals surface area (Å²) in [4.78, 5) is 11.5. The van der Waals surface area contributed by atoms with Crippen LogP contribution in [0.2, 0.25) is 0 Å². The summed E-state index contributed by atoms with van der Waals surface area (Å²) in [5.74, 6) is 5.92. The third kappa shape index (κ3) is 14.0. The van der Waals surface area contributed by atoms with Gasteiger partial charge in [-0.25, -0.2) is 0 Å². The minimum Gasteiger partial charge on any atom is -0.508 e. The Morgan fingerprint density at radius 1 is 1.04 bits per heavy atom. The van der Waals surface area contributed by atoms with Crippen LogP contribution in [0.3, 0.4) is 0 Å². The fourth-order valence-corrected chi connectivity index (χ4v) is 7.99. The second-order valence-corrected chi connectivity index (χ2v) is 15.4. The van der Waals surface area contributed by atoms with Crippen molar-refractivity contribution in [2.24, 2.45) is 5.92 Å². The lowest BCUT2D eigenvalue weighted by molar-refractivity contribution is -0.137. The van der Waals surface area contributed by atoms with Gasteiger partial charge in [0.25, 0.3) is 0 Å². The number of unbranched alkanes of at least 4 members (excludes halogenated alkanes) is 2. The number of carboxylic acids is 1. The Morgan fingerprint density at radius 2 is 1.82 bits per heavy atom. The third-order valence-corrected chi connectivity index (χ3v) is 11.0. The van der Waals surface area contributed by atoms with Crippen LogP contribution in [-0.2, 0) is 17.6 Å². The molecule has 2 aromatic carbocycles. The number of aryl methyl sites for hydroxylation is 1. The first-order chi connectivity index (χ1) is 26.5. The van der Waals surface area contributed by atoms with Gasteiger partial charge < -0.3 is 41.3 Å². The maximum Gasteiger partial charge on any atom is 0.303 e. The Hall–Kier alpha value is -3.75. The number of rotatable bonds is 20. The Morgan fingerprint density at radius 3 is 2.55 bits per heavy atom. The number of fused-ring (bicyclic) bond motifs is 2. The first-order valence-electron chi connectivity index (χ1n) is 20.4. The molecule has 1 heterocycles. The average Bonchev–Trinajstić information content (AvgIpc) is 3.16. The summed E-state index contributed by atoms with van der Waals surface area (Å²) < 4.78 is 0. The lowest BCUT2D eigenvalue weighted by Gasteiger charge is -2.44. The van der Waals surface area contributed by atoms with Crippen molar-refractivity contribution in [2.75, 3.05) is 13.2 Å². The number of aromatic hydroxyl groups is 1. The van der Waals surface area contributed by atoms with Crippen LogP contribution in [0.25, 0.3) is 0 Å². The fraction of sp³-hybridized carbons (Fsp3) is 0.543. The standard InChI is InChI=1S/C46H64N2O7/c1-3-5-6-15-39(50)27-23-36-21-19-34-11-7-8-12-35(34)20-22-37-13-10-29-46(55,31-33-17-25-40(51)26-18-33)45(37)48-43(42(36)30-41(52)32-49)16-9-14-38(47-4-2)24-28-44(53)54/h7-8,10-13,17-18,23,25-27,37-39,41,43,45,47-52,55H,3-6,9,14-16,19,21,24,28-32H2,1-2H3,(H,53,54)/t37-,38-,39+,41+,43+,45-,46+/m1/s1. The molecule has 7 atom stereocenters. The third-order valence-electron chi connectivity index (χ3n) is 11.0. The number of phenolic OH excluding ortho intramolecular Hbond substituents is 1. The van der Waals surface area contributed by atoms with E-state index < -0.39 is 36.4 Å². The van der Waals surface area contributed by atoms with E-state index in [-0.39, 0.29) is 36.6 Å². The first-order valence-corrected chi connectivity index (χ1v) is 20.4. The van der Waals surface area contributed by atoms with Gasteiger partial charge in [0, 0.05) is 30.5 Å². The molecule has 0 saturated heterocycles. The van der Waals surface area contributed by atoms with Crippen LogP contribution < -0.4 is 10.6 Å². The molecule has 2 aliphatic rings. The molecule has 0 aromatic heterocycles. The SMILES string of the molecule is CCCCC[C@H](O)C=CC1=C(C[C@H](O)CO)[C@H](CCC[C@H](CCC(=O)O)NCC)N[C@@H]2[C@@H](C#Cc3ccccc3CC1)C=CC[C@]2(O)Cc1ccc(O)cc1. The fourth-order valence-electron chi connectivity index (χ4n) is 7.99. The van der Waals surface area contributed by atoms with Gasteiger partial charge in [0.05, 0.1) is 36.4 Å². The average molecular weight is 757 g/mol. The number of benzene rings is 2. The Labute approximate surface area is 328 Å². The van der Waals surface area contributed by atoms with Crippen molar-refractivity contribution < 1.29 is 35.4 Å². The minimum atomic E-state index is -1.27. The monoisotopic (exact) mass is 756 g/mol. The van der Waals surface area contributed by atoms with Crippen LogP contribution in [0.15, 0.2) is 84.0 Å². The molecule has 0 amide bonds. The lowest BCUT2D eigenvalue weighted by atomic mass is 9.73. The maximum absolute atomic E-state index is 12.7. The molecule has 300 valence electrons. The smallest absolute Gasteiger partial charge is 0.303 e. The van der Waals surface area contributed by atoms with Gasteiger partial charge in [0.15, 0.2) is 0 Å². The van der Waals surface area contributed by atoms with Crippen molar-refractivity contribution in [2.45, 2.75) is 140 Å². The van der Waals surface area contributed by atoms with E-state index in [1.807, 2.05) is 55.5 Å². The van der Waals surface area contributed by atoms with Gasteiger partial charge in [-0.1, -0.05) is 106 Å². The number of phenols is 1. The number of aliphatic carboxylic acids is 1. The molecule has 1 aliphatic heterocycles. The highest BCUT2D eigenvalue weighted by molar-refractivity contribution is 5.66. The number of carboxylic acid groups (broad SMARTS) is 1. The van der Waals surface area contributed by atoms with E-state index in [1.54, 1.807) is 12.1 Å². The van der Waals surface area contributed by atoms with Crippen LogP contribution in [-0.4, -0.2) is 85.7 Å². The summed E-state index contributed by atoms with van der Waals surface area (Å²) in [7, 11) is 0. The van der Waals surface area contributed by atoms with Gasteiger partial charge in [-0.05, 0) is 98.4 Å². The predicted octanol–water partition coefficient (Wildman–Crippen LogP) is 6.12. The molecule has 4 rings (SSSR count). The number of aliphatic hydroxyl groups excluding tert-OH is 3. The highest BCUT2D eigenvalue weighted by atomic mass is 16.4. The molecule has 0 fully saturated rings. The summed E-state index contributed by atoms with van der Waals surface area (Å²) in [6.07, 6.45) is 14.7. The Kier molecular flexibility index (Phi) is 18.2. The van der Waals surface area contributed by atoms with Crippen LogP contribution in [0.4, 0.5) is 0 Å². The van der Waals surface area contributed by atoms with Crippen molar-refractivity contribution in [3.63, 3.8) is 0 Å². The summed E-state index contributed by atoms with van der Waals surface area (Å²) in [5.41, 5.74) is 3.47. The summed E-state index contributed by atoms with van der Waals surface area (Å²) in [5, 5.41) is 71.8. The highest BCUT2D eigenvalue weighted by Gasteiger charge is 2.43. The molecule has 0 unspecified atom stereocenters. The lowest BCUT2D eigenvalue weighted by Crippen LogP contribution is -2.59. The molecule has 9 nitrogen and oxygen atoms in total. The van der Waals surface area contributed by atoms with Crippen LogP contribution in [0.1, 0.15) is 108 Å². The van der Waals surface area contributed by atoms with Gasteiger partial charge in [-0.15, -0.1) is 0 Å². The minimum absolute atomic E-state index is 0.0135. The first kappa shape index (κ1) is 44.0. The molecule has 2 aromatic rings. The zero-order valence-electron chi connectivity index (χ0n) is 32.8. The van der Waals surface area contributed by atoms with Crippen molar-refractivity contribution in [1.82, 2.24) is 10.6 Å². The van der Waals surface area contributed by atoms with E-state index in [9.17, 15) is 35.4 Å². The van der Waals surface area contributed by atoms with Crippen molar-refractivity contribution >= 4 is 5.97 Å². The second kappa shape index (κ2) is 22.7. The highest BCUT2D eigenvalue weighted by Crippen LogP contribution is 2.35. The van der Waals surface area contributed by atoms with Crippen LogP contribution in [0.5, 0.6) is 5.75 Å². The van der Waals surface area contributed by atoms with Gasteiger partial charge >= 0.3 is 5.97 Å². The quantitative estimate of drug-likeness (QED) is 0.0452. The van der Waals surface area contributed by atoms with Gasteiger partial charge in [0.1, 0.15) is 5.75 Å². The normalized spacial score (nSPS) is 23.1. The number of carbonyl (C=O) groups is 1. The zero-order valence-corrected chi connectivity index (χ0v) is 32.8. The molecule has 0 bridgehead atoms. The summed E-state index contributed by atoms with van der Waals surface area (Å²) in [6.45, 7) is 4.45. The molecule has 9 heteroatoms. The van der Waals surface area contributed by atoms with Crippen molar-refractivity contribution in [3.8, 4) is 17.6 Å².